The predicted octanol–water partition coefficient (Wildman–Crippen LogP) is 3.15. The molecule has 2 saturated carbocycles. The lowest BCUT2D eigenvalue weighted by atomic mass is 9.81. The van der Waals surface area contributed by atoms with Crippen LogP contribution in [0.15, 0.2) is 24.3 Å². The second kappa shape index (κ2) is 11.0. The highest BCUT2D eigenvalue weighted by Gasteiger charge is 2.66. The average molecular weight is 628 g/mol. The Kier molecular flexibility index (Phi) is 8.18. The van der Waals surface area contributed by atoms with Crippen LogP contribution < -0.4 is 5.32 Å². The van der Waals surface area contributed by atoms with Crippen LogP contribution >= 0.6 is 31.9 Å². The number of imide groups is 1. The van der Waals surface area contributed by atoms with Crippen molar-refractivity contribution in [3.8, 4) is 0 Å². The number of nitrogens with one attached hydrogen (secondary N) is 1. The predicted molar refractivity (Wildman–Crippen MR) is 136 cm³/mol. The number of amides is 3. The summed E-state index contributed by atoms with van der Waals surface area (Å²) in [5, 5.41) is 2.58. The maximum atomic E-state index is 12.9. The molecule has 0 aromatic heterocycles. The number of anilines is 1. The number of fused-ring (bicyclic) bond motifs is 5. The molecule has 194 valence electrons. The van der Waals surface area contributed by atoms with Crippen molar-refractivity contribution < 1.29 is 33.4 Å². The lowest BCUT2D eigenvalue weighted by molar-refractivity contribution is -0.149. The van der Waals surface area contributed by atoms with E-state index >= 15 is 0 Å². The second-order valence-corrected chi connectivity index (χ2v) is 12.0. The third-order valence-electron chi connectivity index (χ3n) is 6.93. The standard InChI is InChI=1S/C25H28Br2N2O7/c1-12(2)10-36-25(34)13-3-5-14(6-4-13)28-17(30)11-35-18(31)7-8-29-23(32)19-15-9-16(20(19)24(29)33)22(27)21(15)26/h3-6,12,15-16,19-22H,7-11H2,1-2H3,(H,28,30)/t15-,16-,19-,20-,21-,22+/m1/s1. The molecule has 1 saturated heterocycles. The number of esters is 2. The van der Waals surface area contributed by atoms with Crippen molar-refractivity contribution in [2.45, 2.75) is 36.3 Å². The molecule has 3 aliphatic rings. The second-order valence-electron chi connectivity index (χ2n) is 9.86. The van der Waals surface area contributed by atoms with E-state index in [1.54, 1.807) is 12.1 Å². The molecule has 2 bridgehead atoms. The first-order valence-corrected chi connectivity index (χ1v) is 13.8. The minimum Gasteiger partial charge on any atom is -0.462 e. The molecule has 2 aliphatic carbocycles. The van der Waals surface area contributed by atoms with Gasteiger partial charge in [0, 0.05) is 21.9 Å². The summed E-state index contributed by atoms with van der Waals surface area (Å²) >= 11 is 7.29. The summed E-state index contributed by atoms with van der Waals surface area (Å²) in [6.07, 6.45) is 0.663. The number of carbonyl (C=O) groups is 5. The van der Waals surface area contributed by atoms with Crippen molar-refractivity contribution in [3.63, 3.8) is 0 Å². The Bertz CT molecular complexity index is 1030. The van der Waals surface area contributed by atoms with E-state index < -0.39 is 24.5 Å². The van der Waals surface area contributed by atoms with Crippen LogP contribution in [0.3, 0.4) is 0 Å². The fraction of sp³-hybridized carbons (Fsp3) is 0.560. The molecule has 0 radical (unpaired) electrons. The minimum atomic E-state index is -0.675. The van der Waals surface area contributed by atoms with E-state index in [0.29, 0.717) is 17.9 Å². The van der Waals surface area contributed by atoms with Gasteiger partial charge in [-0.1, -0.05) is 45.7 Å². The molecule has 1 N–H and O–H groups in total. The Balaban J connectivity index is 1.20. The molecule has 1 aliphatic heterocycles. The molecule has 1 aromatic rings. The van der Waals surface area contributed by atoms with E-state index in [9.17, 15) is 24.0 Å². The molecular formula is C25H28Br2N2O7. The first-order valence-electron chi connectivity index (χ1n) is 11.9. The Morgan fingerprint density at radius 1 is 1.00 bits per heavy atom. The van der Waals surface area contributed by atoms with Crippen LogP contribution in [0.25, 0.3) is 0 Å². The summed E-state index contributed by atoms with van der Waals surface area (Å²) in [4.78, 5) is 63.5. The number of rotatable bonds is 9. The highest BCUT2D eigenvalue weighted by atomic mass is 79.9. The van der Waals surface area contributed by atoms with Crippen LogP contribution in [0.1, 0.15) is 37.0 Å². The normalized spacial score (nSPS) is 28.4. The van der Waals surface area contributed by atoms with E-state index in [1.807, 2.05) is 13.8 Å². The number of carbonyl (C=O) groups excluding carboxylic acids is 5. The molecular weight excluding hydrogens is 600 g/mol. The topological polar surface area (TPSA) is 119 Å². The number of halogens is 2. The van der Waals surface area contributed by atoms with Crippen LogP contribution in [0.2, 0.25) is 0 Å². The van der Waals surface area contributed by atoms with Crippen molar-refractivity contribution in [1.29, 1.82) is 0 Å². The third-order valence-corrected chi connectivity index (χ3v) is 10.1. The SMILES string of the molecule is CC(C)COC(=O)c1ccc(NC(=O)COC(=O)CCN2C(=O)[C@@H]3[C@H]4C[C@@H]([C@@H](Br)[C@H]4Br)[C@H]3C2=O)cc1. The Morgan fingerprint density at radius 2 is 1.58 bits per heavy atom. The van der Waals surface area contributed by atoms with Gasteiger partial charge in [0.25, 0.3) is 5.91 Å². The van der Waals surface area contributed by atoms with E-state index in [0.717, 1.165) is 6.42 Å². The summed E-state index contributed by atoms with van der Waals surface area (Å²) in [6, 6.07) is 6.17. The Hall–Kier alpha value is -2.27. The van der Waals surface area contributed by atoms with Crippen molar-refractivity contribution >= 4 is 67.2 Å². The van der Waals surface area contributed by atoms with Crippen LogP contribution in [0, 0.1) is 29.6 Å². The van der Waals surface area contributed by atoms with Crippen LogP contribution in [0.5, 0.6) is 0 Å². The third kappa shape index (κ3) is 5.37. The molecule has 0 spiro atoms. The van der Waals surface area contributed by atoms with Gasteiger partial charge in [-0.05, 0) is 48.4 Å². The van der Waals surface area contributed by atoms with Crippen molar-refractivity contribution in [2.75, 3.05) is 25.1 Å². The molecule has 0 unspecified atom stereocenters. The summed E-state index contributed by atoms with van der Waals surface area (Å²) in [5.41, 5.74) is 0.794. The molecule has 9 nitrogen and oxygen atoms in total. The molecule has 11 heteroatoms. The van der Waals surface area contributed by atoms with Crippen molar-refractivity contribution in [2.24, 2.45) is 29.6 Å². The average Bonchev–Trinajstić information content (AvgIpc) is 3.45. The minimum absolute atomic E-state index is 0.0567. The molecule has 36 heavy (non-hydrogen) atoms. The molecule has 1 heterocycles. The fourth-order valence-corrected chi connectivity index (χ4v) is 7.14. The van der Waals surface area contributed by atoms with Gasteiger partial charge in [-0.3, -0.25) is 24.1 Å². The smallest absolute Gasteiger partial charge is 0.338 e. The van der Waals surface area contributed by atoms with Gasteiger partial charge in [0.05, 0.1) is 30.4 Å². The van der Waals surface area contributed by atoms with E-state index in [2.05, 4.69) is 37.2 Å². The number of alkyl halides is 2. The molecule has 3 fully saturated rings. The first-order chi connectivity index (χ1) is 17.1. The van der Waals surface area contributed by atoms with Crippen LogP contribution in [-0.2, 0) is 28.7 Å². The van der Waals surface area contributed by atoms with E-state index in [4.69, 9.17) is 9.47 Å². The summed E-state index contributed by atoms with van der Waals surface area (Å²) in [5.74, 6) is -2.31. The lowest BCUT2D eigenvalue weighted by Crippen LogP contribution is -2.37. The van der Waals surface area contributed by atoms with Gasteiger partial charge in [-0.15, -0.1) is 0 Å². The van der Waals surface area contributed by atoms with Gasteiger partial charge in [-0.25, -0.2) is 4.79 Å². The summed E-state index contributed by atoms with van der Waals surface area (Å²) in [6.45, 7) is 3.63. The van der Waals surface area contributed by atoms with Crippen LogP contribution in [0.4, 0.5) is 5.69 Å². The van der Waals surface area contributed by atoms with E-state index in [-0.39, 0.29) is 64.0 Å². The maximum absolute atomic E-state index is 12.9. The highest BCUT2D eigenvalue weighted by molar-refractivity contribution is 9.12. The van der Waals surface area contributed by atoms with Gasteiger partial charge >= 0.3 is 11.9 Å². The number of nitrogens with zero attached hydrogens (tertiary/aromatic N) is 1. The number of benzene rings is 1. The van der Waals surface area contributed by atoms with Crippen molar-refractivity contribution in [1.82, 2.24) is 4.90 Å². The number of hydrogen-bond acceptors (Lipinski definition) is 7. The van der Waals surface area contributed by atoms with Gasteiger partial charge < -0.3 is 14.8 Å². The number of hydrogen-bond donors (Lipinski definition) is 1. The van der Waals surface area contributed by atoms with Crippen molar-refractivity contribution in [3.05, 3.63) is 29.8 Å². The van der Waals surface area contributed by atoms with Gasteiger partial charge in [0.15, 0.2) is 6.61 Å². The van der Waals surface area contributed by atoms with E-state index in [1.165, 1.54) is 17.0 Å². The van der Waals surface area contributed by atoms with Gasteiger partial charge in [0.1, 0.15) is 0 Å². The summed E-state index contributed by atoms with van der Waals surface area (Å²) in [7, 11) is 0. The zero-order valence-electron chi connectivity index (χ0n) is 19.9. The van der Waals surface area contributed by atoms with Crippen LogP contribution in [-0.4, -0.2) is 64.0 Å². The molecule has 4 rings (SSSR count). The monoisotopic (exact) mass is 626 g/mol. The largest absolute Gasteiger partial charge is 0.462 e. The zero-order valence-corrected chi connectivity index (χ0v) is 23.1. The molecule has 6 atom stereocenters. The number of likely N-dealkylation sites (tertiary alicyclic amines) is 1. The highest BCUT2D eigenvalue weighted by Crippen LogP contribution is 2.60. The lowest BCUT2D eigenvalue weighted by Gasteiger charge is -2.28. The maximum Gasteiger partial charge on any atom is 0.338 e. The van der Waals surface area contributed by atoms with Gasteiger partial charge in [0.2, 0.25) is 11.8 Å². The number of ether oxygens (including phenoxy) is 2. The quantitative estimate of drug-likeness (QED) is 0.254. The molecule has 1 aromatic carbocycles. The van der Waals surface area contributed by atoms with Gasteiger partial charge in [-0.2, -0.15) is 0 Å². The zero-order chi connectivity index (χ0) is 26.1. The fourth-order valence-electron chi connectivity index (χ4n) is 5.26. The Labute approximate surface area is 225 Å². The summed E-state index contributed by atoms with van der Waals surface area (Å²) < 4.78 is 10.2. The molecule has 3 amide bonds. The Morgan fingerprint density at radius 3 is 2.14 bits per heavy atom. The first kappa shape index (κ1) is 26.8.